The lowest BCUT2D eigenvalue weighted by atomic mass is 9.87. The number of rotatable bonds is 7. The minimum Gasteiger partial charge on any atom is -0.325 e. The van der Waals surface area contributed by atoms with Gasteiger partial charge >= 0.3 is 0 Å². The molecule has 6 nitrogen and oxygen atoms in total. The Kier molecular flexibility index (Phi) is 6.72. The number of aryl methyl sites for hydroxylation is 1. The Morgan fingerprint density at radius 2 is 1.72 bits per heavy atom. The van der Waals surface area contributed by atoms with E-state index in [1.54, 1.807) is 26.0 Å². The third kappa shape index (κ3) is 5.44. The maximum absolute atomic E-state index is 12.6. The molecule has 0 aliphatic heterocycles. The van der Waals surface area contributed by atoms with Gasteiger partial charge in [0.15, 0.2) is 0 Å². The highest BCUT2D eigenvalue weighted by Gasteiger charge is 2.24. The first-order valence-electron chi connectivity index (χ1n) is 10.0. The SMILES string of the molecule is CC(C)NS(=O)(=O)c1ccc(NC(=O)[C@@H](C)N[C@H]2CCCc3ccccc32)cc1. The molecule has 0 spiro atoms. The van der Waals surface area contributed by atoms with E-state index in [1.807, 2.05) is 13.0 Å². The Bertz CT molecular complexity index is 956. The van der Waals surface area contributed by atoms with E-state index in [-0.39, 0.29) is 28.9 Å². The van der Waals surface area contributed by atoms with Crippen LogP contribution >= 0.6 is 0 Å². The molecule has 1 amide bonds. The topological polar surface area (TPSA) is 87.3 Å². The molecule has 7 heteroatoms. The van der Waals surface area contributed by atoms with E-state index >= 15 is 0 Å². The molecule has 29 heavy (non-hydrogen) atoms. The van der Waals surface area contributed by atoms with Gasteiger partial charge in [0.1, 0.15) is 0 Å². The summed E-state index contributed by atoms with van der Waals surface area (Å²) in [6.45, 7) is 5.38. The molecule has 0 heterocycles. The van der Waals surface area contributed by atoms with Crippen LogP contribution in [0.4, 0.5) is 5.69 Å². The summed E-state index contributed by atoms with van der Waals surface area (Å²) in [6.07, 6.45) is 3.18. The molecule has 0 saturated heterocycles. The van der Waals surface area contributed by atoms with Gasteiger partial charge in [0.2, 0.25) is 15.9 Å². The molecular weight excluding hydrogens is 386 g/mol. The summed E-state index contributed by atoms with van der Waals surface area (Å²) in [5.74, 6) is -0.149. The molecule has 3 rings (SSSR count). The average molecular weight is 416 g/mol. The number of hydrogen-bond acceptors (Lipinski definition) is 4. The van der Waals surface area contributed by atoms with Crippen LogP contribution in [0.15, 0.2) is 53.4 Å². The third-order valence-corrected chi connectivity index (χ3v) is 6.71. The van der Waals surface area contributed by atoms with Gasteiger partial charge in [-0.25, -0.2) is 13.1 Å². The van der Waals surface area contributed by atoms with Gasteiger partial charge in [0.05, 0.1) is 10.9 Å². The Morgan fingerprint density at radius 1 is 1.03 bits per heavy atom. The van der Waals surface area contributed by atoms with Crippen LogP contribution in [0.5, 0.6) is 0 Å². The molecular formula is C22H29N3O3S. The Balaban J connectivity index is 1.62. The third-order valence-electron chi connectivity index (χ3n) is 5.04. The van der Waals surface area contributed by atoms with Crippen molar-refractivity contribution >= 4 is 21.6 Å². The van der Waals surface area contributed by atoms with Gasteiger partial charge in [-0.15, -0.1) is 0 Å². The summed E-state index contributed by atoms with van der Waals surface area (Å²) in [7, 11) is -3.54. The lowest BCUT2D eigenvalue weighted by molar-refractivity contribution is -0.118. The molecule has 0 bridgehead atoms. The minimum absolute atomic E-state index is 0.149. The lowest BCUT2D eigenvalue weighted by Gasteiger charge is -2.29. The summed E-state index contributed by atoms with van der Waals surface area (Å²) in [5, 5.41) is 6.29. The molecule has 0 unspecified atom stereocenters. The predicted octanol–water partition coefficient (Wildman–Crippen LogP) is 3.37. The van der Waals surface area contributed by atoms with Gasteiger partial charge < -0.3 is 5.32 Å². The molecule has 3 N–H and O–H groups in total. The molecule has 2 atom stereocenters. The fraction of sp³-hybridized carbons (Fsp3) is 0.409. The van der Waals surface area contributed by atoms with Crippen LogP contribution in [0.25, 0.3) is 0 Å². The van der Waals surface area contributed by atoms with Crippen molar-refractivity contribution in [2.24, 2.45) is 0 Å². The van der Waals surface area contributed by atoms with Crippen molar-refractivity contribution in [2.45, 2.75) is 63.1 Å². The maximum atomic E-state index is 12.6. The highest BCUT2D eigenvalue weighted by atomic mass is 32.2. The van der Waals surface area contributed by atoms with E-state index in [4.69, 9.17) is 0 Å². The van der Waals surface area contributed by atoms with E-state index in [0.717, 1.165) is 19.3 Å². The van der Waals surface area contributed by atoms with Crippen molar-refractivity contribution in [1.29, 1.82) is 0 Å². The number of sulfonamides is 1. The van der Waals surface area contributed by atoms with E-state index < -0.39 is 10.0 Å². The highest BCUT2D eigenvalue weighted by molar-refractivity contribution is 7.89. The van der Waals surface area contributed by atoms with E-state index in [2.05, 4.69) is 33.6 Å². The van der Waals surface area contributed by atoms with Crippen molar-refractivity contribution < 1.29 is 13.2 Å². The summed E-state index contributed by atoms with van der Waals surface area (Å²) in [4.78, 5) is 12.8. The van der Waals surface area contributed by atoms with Crippen molar-refractivity contribution in [2.75, 3.05) is 5.32 Å². The number of anilines is 1. The van der Waals surface area contributed by atoms with E-state index in [1.165, 1.54) is 23.3 Å². The van der Waals surface area contributed by atoms with Crippen molar-refractivity contribution in [3.05, 3.63) is 59.7 Å². The zero-order chi connectivity index (χ0) is 21.0. The summed E-state index contributed by atoms with van der Waals surface area (Å²) in [5.41, 5.74) is 3.18. The Labute approximate surface area is 173 Å². The lowest BCUT2D eigenvalue weighted by Crippen LogP contribution is -2.41. The van der Waals surface area contributed by atoms with Crippen LogP contribution in [0, 0.1) is 0 Å². The first-order chi connectivity index (χ1) is 13.8. The van der Waals surface area contributed by atoms with Gasteiger partial charge in [-0.3, -0.25) is 10.1 Å². The quantitative estimate of drug-likeness (QED) is 0.647. The van der Waals surface area contributed by atoms with Crippen LogP contribution < -0.4 is 15.4 Å². The molecule has 0 radical (unpaired) electrons. The van der Waals surface area contributed by atoms with Crippen molar-refractivity contribution in [3.63, 3.8) is 0 Å². The summed E-state index contributed by atoms with van der Waals surface area (Å²) >= 11 is 0. The first-order valence-corrected chi connectivity index (χ1v) is 11.5. The molecule has 0 aromatic heterocycles. The minimum atomic E-state index is -3.54. The van der Waals surface area contributed by atoms with Crippen LogP contribution in [0.1, 0.15) is 50.8 Å². The number of nitrogens with one attached hydrogen (secondary N) is 3. The largest absolute Gasteiger partial charge is 0.325 e. The summed E-state index contributed by atoms with van der Waals surface area (Å²) in [6, 6.07) is 14.2. The number of amides is 1. The van der Waals surface area contributed by atoms with Crippen molar-refractivity contribution in [3.8, 4) is 0 Å². The smallest absolute Gasteiger partial charge is 0.241 e. The van der Waals surface area contributed by atoms with Gasteiger partial charge in [0, 0.05) is 17.8 Å². The zero-order valence-electron chi connectivity index (χ0n) is 17.1. The van der Waals surface area contributed by atoms with E-state index in [9.17, 15) is 13.2 Å². The Hall–Kier alpha value is -2.22. The van der Waals surface area contributed by atoms with Gasteiger partial charge in [-0.1, -0.05) is 24.3 Å². The van der Waals surface area contributed by atoms with Crippen molar-refractivity contribution in [1.82, 2.24) is 10.0 Å². The normalized spacial score (nSPS) is 17.6. The number of hydrogen-bond donors (Lipinski definition) is 3. The number of fused-ring (bicyclic) bond motifs is 1. The maximum Gasteiger partial charge on any atom is 0.241 e. The second kappa shape index (κ2) is 9.07. The van der Waals surface area contributed by atoms with Gasteiger partial charge in [-0.05, 0) is 75.4 Å². The first kappa shape index (κ1) is 21.5. The molecule has 156 valence electrons. The fourth-order valence-corrected chi connectivity index (χ4v) is 4.90. The number of benzene rings is 2. The van der Waals surface area contributed by atoms with Crippen LogP contribution in [-0.4, -0.2) is 26.4 Å². The van der Waals surface area contributed by atoms with Crippen LogP contribution in [0.2, 0.25) is 0 Å². The highest BCUT2D eigenvalue weighted by Crippen LogP contribution is 2.29. The summed E-state index contributed by atoms with van der Waals surface area (Å²) < 4.78 is 26.9. The number of carbonyl (C=O) groups is 1. The van der Waals surface area contributed by atoms with Crippen LogP contribution in [-0.2, 0) is 21.2 Å². The van der Waals surface area contributed by atoms with Gasteiger partial charge in [-0.2, -0.15) is 0 Å². The standard InChI is InChI=1S/C22H29N3O3S/c1-15(2)25-29(27,28)19-13-11-18(12-14-19)24-22(26)16(3)23-21-10-6-8-17-7-4-5-9-20(17)21/h4-5,7,9,11-16,21,23,25H,6,8,10H2,1-3H3,(H,24,26)/t16-,21+/m1/s1. The molecule has 2 aromatic carbocycles. The monoisotopic (exact) mass is 415 g/mol. The molecule has 1 aliphatic rings. The fourth-order valence-electron chi connectivity index (χ4n) is 3.65. The second-order valence-electron chi connectivity index (χ2n) is 7.82. The number of carbonyl (C=O) groups excluding carboxylic acids is 1. The molecule has 0 saturated carbocycles. The second-order valence-corrected chi connectivity index (χ2v) is 9.54. The average Bonchev–Trinajstić information content (AvgIpc) is 2.67. The molecule has 1 aliphatic carbocycles. The van der Waals surface area contributed by atoms with Crippen LogP contribution in [0.3, 0.4) is 0 Å². The zero-order valence-corrected chi connectivity index (χ0v) is 17.9. The Morgan fingerprint density at radius 3 is 2.41 bits per heavy atom. The molecule has 2 aromatic rings. The predicted molar refractivity (Wildman–Crippen MR) is 115 cm³/mol. The van der Waals surface area contributed by atoms with Gasteiger partial charge in [0.25, 0.3) is 0 Å². The van der Waals surface area contributed by atoms with E-state index in [0.29, 0.717) is 5.69 Å². The molecule has 0 fully saturated rings.